The Kier molecular flexibility index (Phi) is 4.56. The van der Waals surface area contributed by atoms with Crippen LogP contribution in [0.25, 0.3) is 11.4 Å². The molecule has 0 N–H and O–H groups in total. The minimum atomic E-state index is 0.275. The van der Waals surface area contributed by atoms with Crippen LogP contribution in [-0.4, -0.2) is 42.9 Å². The SMILES string of the molecule is CCn1ncnc1CN1CCC[C@H](c2nc(-c3ccccc3)no2)C1. The van der Waals surface area contributed by atoms with Gasteiger partial charge in [0.2, 0.25) is 11.7 Å². The molecule has 3 aromatic rings. The predicted octanol–water partition coefficient (Wildman–Crippen LogP) is 2.73. The number of hydrogen-bond acceptors (Lipinski definition) is 6. The van der Waals surface area contributed by atoms with Crippen molar-refractivity contribution < 1.29 is 4.52 Å². The summed E-state index contributed by atoms with van der Waals surface area (Å²) >= 11 is 0. The summed E-state index contributed by atoms with van der Waals surface area (Å²) in [6.07, 6.45) is 3.83. The first-order chi connectivity index (χ1) is 12.3. The van der Waals surface area contributed by atoms with Gasteiger partial charge in [-0.15, -0.1) is 0 Å². The Morgan fingerprint density at radius 1 is 1.24 bits per heavy atom. The molecule has 130 valence electrons. The number of likely N-dealkylation sites (tertiary alicyclic amines) is 1. The van der Waals surface area contributed by atoms with Gasteiger partial charge in [-0.3, -0.25) is 4.90 Å². The van der Waals surface area contributed by atoms with Crippen molar-refractivity contribution in [3.05, 3.63) is 48.4 Å². The first-order valence-electron chi connectivity index (χ1n) is 8.81. The molecule has 1 aliphatic heterocycles. The van der Waals surface area contributed by atoms with E-state index in [0.717, 1.165) is 56.3 Å². The smallest absolute Gasteiger partial charge is 0.231 e. The van der Waals surface area contributed by atoms with E-state index in [4.69, 9.17) is 4.52 Å². The molecule has 0 unspecified atom stereocenters. The van der Waals surface area contributed by atoms with Crippen LogP contribution < -0.4 is 0 Å². The summed E-state index contributed by atoms with van der Waals surface area (Å²) in [7, 11) is 0. The van der Waals surface area contributed by atoms with E-state index < -0.39 is 0 Å². The molecule has 0 amide bonds. The van der Waals surface area contributed by atoms with Gasteiger partial charge >= 0.3 is 0 Å². The van der Waals surface area contributed by atoms with Crippen LogP contribution in [0.4, 0.5) is 0 Å². The zero-order valence-corrected chi connectivity index (χ0v) is 14.4. The lowest BCUT2D eigenvalue weighted by molar-refractivity contribution is 0.174. The van der Waals surface area contributed by atoms with Crippen LogP contribution in [0.1, 0.15) is 37.4 Å². The molecule has 0 radical (unpaired) electrons. The van der Waals surface area contributed by atoms with Gasteiger partial charge in [0.25, 0.3) is 0 Å². The van der Waals surface area contributed by atoms with Gasteiger partial charge < -0.3 is 4.52 Å². The van der Waals surface area contributed by atoms with Crippen molar-refractivity contribution in [2.45, 2.75) is 38.8 Å². The molecule has 4 rings (SSSR count). The fourth-order valence-corrected chi connectivity index (χ4v) is 3.38. The lowest BCUT2D eigenvalue weighted by Gasteiger charge is -2.30. The van der Waals surface area contributed by atoms with Gasteiger partial charge in [0, 0.05) is 18.7 Å². The second-order valence-electron chi connectivity index (χ2n) is 6.39. The molecule has 25 heavy (non-hydrogen) atoms. The van der Waals surface area contributed by atoms with Crippen molar-refractivity contribution >= 4 is 0 Å². The van der Waals surface area contributed by atoms with Gasteiger partial charge in [0.15, 0.2) is 0 Å². The number of benzene rings is 1. The van der Waals surface area contributed by atoms with E-state index in [9.17, 15) is 0 Å². The maximum Gasteiger partial charge on any atom is 0.231 e. The van der Waals surface area contributed by atoms with E-state index in [1.807, 2.05) is 35.0 Å². The highest BCUT2D eigenvalue weighted by molar-refractivity contribution is 5.53. The van der Waals surface area contributed by atoms with Gasteiger partial charge in [0.05, 0.1) is 12.5 Å². The third-order valence-corrected chi connectivity index (χ3v) is 4.69. The van der Waals surface area contributed by atoms with E-state index in [2.05, 4.69) is 32.0 Å². The van der Waals surface area contributed by atoms with Crippen LogP contribution in [0, 0.1) is 0 Å². The highest BCUT2D eigenvalue weighted by atomic mass is 16.5. The number of hydrogen-bond donors (Lipinski definition) is 0. The fraction of sp³-hybridized carbons (Fsp3) is 0.444. The number of aromatic nitrogens is 5. The monoisotopic (exact) mass is 338 g/mol. The Balaban J connectivity index is 1.45. The maximum absolute atomic E-state index is 5.57. The third-order valence-electron chi connectivity index (χ3n) is 4.69. The van der Waals surface area contributed by atoms with Crippen LogP contribution in [0.15, 0.2) is 41.2 Å². The summed E-state index contributed by atoms with van der Waals surface area (Å²) in [6.45, 7) is 5.71. The summed E-state index contributed by atoms with van der Waals surface area (Å²) in [5.41, 5.74) is 0.987. The highest BCUT2D eigenvalue weighted by Gasteiger charge is 2.27. The molecule has 0 saturated carbocycles. The first-order valence-corrected chi connectivity index (χ1v) is 8.81. The molecule has 1 aliphatic rings. The average Bonchev–Trinajstić information content (AvgIpc) is 3.32. The zero-order valence-electron chi connectivity index (χ0n) is 14.4. The minimum absolute atomic E-state index is 0.275. The molecule has 3 heterocycles. The van der Waals surface area contributed by atoms with E-state index >= 15 is 0 Å². The Bertz CT molecular complexity index is 812. The Morgan fingerprint density at radius 2 is 2.12 bits per heavy atom. The second kappa shape index (κ2) is 7.14. The quantitative estimate of drug-likeness (QED) is 0.712. The van der Waals surface area contributed by atoms with E-state index in [1.165, 1.54) is 0 Å². The van der Waals surface area contributed by atoms with Crippen LogP contribution in [0.2, 0.25) is 0 Å². The Morgan fingerprint density at radius 3 is 2.96 bits per heavy atom. The molecule has 0 aliphatic carbocycles. The normalized spacial score (nSPS) is 18.5. The van der Waals surface area contributed by atoms with E-state index in [0.29, 0.717) is 5.82 Å². The molecule has 1 saturated heterocycles. The van der Waals surface area contributed by atoms with Crippen molar-refractivity contribution in [2.24, 2.45) is 0 Å². The topological polar surface area (TPSA) is 72.9 Å². The van der Waals surface area contributed by atoms with Gasteiger partial charge in [0.1, 0.15) is 12.2 Å². The molecule has 1 aromatic carbocycles. The molecular formula is C18H22N6O. The average molecular weight is 338 g/mol. The largest absolute Gasteiger partial charge is 0.339 e. The summed E-state index contributed by atoms with van der Waals surface area (Å²) in [5.74, 6) is 2.69. The zero-order chi connectivity index (χ0) is 17.1. The third kappa shape index (κ3) is 3.46. The second-order valence-corrected chi connectivity index (χ2v) is 6.39. The molecular weight excluding hydrogens is 316 g/mol. The highest BCUT2D eigenvalue weighted by Crippen LogP contribution is 2.28. The van der Waals surface area contributed by atoms with E-state index in [1.54, 1.807) is 6.33 Å². The number of aryl methyl sites for hydroxylation is 1. The minimum Gasteiger partial charge on any atom is -0.339 e. The summed E-state index contributed by atoms with van der Waals surface area (Å²) < 4.78 is 7.51. The fourth-order valence-electron chi connectivity index (χ4n) is 3.38. The van der Waals surface area contributed by atoms with Gasteiger partial charge in [-0.05, 0) is 26.3 Å². The predicted molar refractivity (Wildman–Crippen MR) is 92.7 cm³/mol. The molecule has 7 nitrogen and oxygen atoms in total. The van der Waals surface area contributed by atoms with Gasteiger partial charge in [-0.2, -0.15) is 10.1 Å². The molecule has 1 atom stereocenters. The van der Waals surface area contributed by atoms with E-state index in [-0.39, 0.29) is 5.92 Å². The van der Waals surface area contributed by atoms with Crippen molar-refractivity contribution in [2.75, 3.05) is 13.1 Å². The van der Waals surface area contributed by atoms with Crippen LogP contribution >= 0.6 is 0 Å². The lowest BCUT2D eigenvalue weighted by Crippen LogP contribution is -2.35. The summed E-state index contributed by atoms with van der Waals surface area (Å²) in [4.78, 5) is 11.4. The maximum atomic E-state index is 5.57. The summed E-state index contributed by atoms with van der Waals surface area (Å²) in [5, 5.41) is 8.41. The number of piperidine rings is 1. The molecule has 0 spiro atoms. The molecule has 7 heteroatoms. The molecule has 2 aromatic heterocycles. The standard InChI is InChI=1S/C18H22N6O/c1-2-24-16(19-13-20-24)12-23-10-6-9-15(11-23)18-21-17(22-25-18)14-7-4-3-5-8-14/h3-5,7-8,13,15H,2,6,9-12H2,1H3/t15-/m0/s1. The number of rotatable bonds is 5. The van der Waals surface area contributed by atoms with Crippen molar-refractivity contribution in [1.82, 2.24) is 29.8 Å². The number of nitrogens with zero attached hydrogens (tertiary/aromatic N) is 6. The van der Waals surface area contributed by atoms with Crippen LogP contribution in [0.3, 0.4) is 0 Å². The van der Waals surface area contributed by atoms with Crippen LogP contribution in [0.5, 0.6) is 0 Å². The van der Waals surface area contributed by atoms with Crippen molar-refractivity contribution in [3.63, 3.8) is 0 Å². The van der Waals surface area contributed by atoms with Crippen LogP contribution in [-0.2, 0) is 13.1 Å². The summed E-state index contributed by atoms with van der Waals surface area (Å²) in [6, 6.07) is 9.95. The molecule has 0 bridgehead atoms. The Labute approximate surface area is 146 Å². The lowest BCUT2D eigenvalue weighted by atomic mass is 9.98. The Hall–Kier alpha value is -2.54. The van der Waals surface area contributed by atoms with Crippen molar-refractivity contribution in [3.8, 4) is 11.4 Å². The van der Waals surface area contributed by atoms with Gasteiger partial charge in [-0.25, -0.2) is 9.67 Å². The van der Waals surface area contributed by atoms with Gasteiger partial charge in [-0.1, -0.05) is 35.5 Å². The first kappa shape index (κ1) is 16.0. The molecule has 1 fully saturated rings. The van der Waals surface area contributed by atoms with Crippen molar-refractivity contribution in [1.29, 1.82) is 0 Å².